The molecule has 2 rings (SSSR count). The lowest BCUT2D eigenvalue weighted by Crippen LogP contribution is -2.38. The van der Waals surface area contributed by atoms with Crippen molar-refractivity contribution in [3.05, 3.63) is 35.9 Å². The van der Waals surface area contributed by atoms with E-state index in [1.165, 1.54) is 37.8 Å². The molecular weight excluding hydrogens is 268 g/mol. The molecular formula is C18H27F2N. The van der Waals surface area contributed by atoms with Gasteiger partial charge >= 0.3 is 0 Å². The molecule has 1 aromatic rings. The van der Waals surface area contributed by atoms with Crippen LogP contribution in [-0.2, 0) is 5.92 Å². The SMILES string of the molecule is CC(C)CC1(CNCC(F)(F)c2ccccc2)CCCC1. The number of benzene rings is 1. The maximum atomic E-state index is 14.2. The van der Waals surface area contributed by atoms with E-state index in [2.05, 4.69) is 19.2 Å². The molecule has 0 saturated heterocycles. The van der Waals surface area contributed by atoms with E-state index < -0.39 is 5.92 Å². The molecule has 1 N–H and O–H groups in total. The minimum atomic E-state index is -2.79. The fraction of sp³-hybridized carbons (Fsp3) is 0.667. The molecule has 1 aromatic carbocycles. The van der Waals surface area contributed by atoms with Crippen LogP contribution in [0, 0.1) is 11.3 Å². The van der Waals surface area contributed by atoms with Gasteiger partial charge in [0.2, 0.25) is 0 Å². The second-order valence-electron chi connectivity index (χ2n) is 6.98. The van der Waals surface area contributed by atoms with E-state index >= 15 is 0 Å². The Kier molecular flexibility index (Phi) is 5.37. The maximum Gasteiger partial charge on any atom is 0.285 e. The molecule has 0 unspecified atom stereocenters. The van der Waals surface area contributed by atoms with Crippen molar-refractivity contribution in [2.75, 3.05) is 13.1 Å². The largest absolute Gasteiger partial charge is 0.310 e. The molecule has 1 nitrogen and oxygen atoms in total. The summed E-state index contributed by atoms with van der Waals surface area (Å²) in [5, 5.41) is 3.06. The summed E-state index contributed by atoms with van der Waals surface area (Å²) in [5.74, 6) is -2.17. The van der Waals surface area contributed by atoms with Crippen molar-refractivity contribution in [2.45, 2.75) is 51.9 Å². The Labute approximate surface area is 127 Å². The summed E-state index contributed by atoms with van der Waals surface area (Å²) in [7, 11) is 0. The fourth-order valence-corrected chi connectivity index (χ4v) is 3.71. The molecule has 1 fully saturated rings. The van der Waals surface area contributed by atoms with E-state index in [0.717, 1.165) is 6.42 Å². The van der Waals surface area contributed by atoms with Crippen molar-refractivity contribution in [3.63, 3.8) is 0 Å². The van der Waals surface area contributed by atoms with Gasteiger partial charge in [-0.25, -0.2) is 0 Å². The number of nitrogens with one attached hydrogen (secondary N) is 1. The smallest absolute Gasteiger partial charge is 0.285 e. The first-order valence-corrected chi connectivity index (χ1v) is 8.08. The minimum Gasteiger partial charge on any atom is -0.310 e. The number of rotatable bonds is 7. The van der Waals surface area contributed by atoms with Crippen molar-refractivity contribution < 1.29 is 8.78 Å². The van der Waals surface area contributed by atoms with Crippen LogP contribution in [0.4, 0.5) is 8.78 Å². The highest BCUT2D eigenvalue weighted by Gasteiger charge is 2.36. The second-order valence-corrected chi connectivity index (χ2v) is 6.98. The Bertz CT molecular complexity index is 422. The number of alkyl halides is 2. The Balaban J connectivity index is 1.90. The van der Waals surface area contributed by atoms with Gasteiger partial charge in [-0.05, 0) is 30.6 Å². The average molecular weight is 295 g/mol. The highest BCUT2D eigenvalue weighted by atomic mass is 19.3. The van der Waals surface area contributed by atoms with Crippen molar-refractivity contribution >= 4 is 0 Å². The predicted molar refractivity (Wildman–Crippen MR) is 83.6 cm³/mol. The standard InChI is InChI=1S/C18H27F2N/c1-15(2)12-17(10-6-7-11-17)13-21-14-18(19,20)16-8-4-3-5-9-16/h3-5,8-9,15,21H,6-7,10-14H2,1-2H3. The van der Waals surface area contributed by atoms with E-state index in [1.807, 2.05) is 0 Å². The zero-order valence-corrected chi connectivity index (χ0v) is 13.2. The van der Waals surface area contributed by atoms with Gasteiger partial charge in [0.15, 0.2) is 0 Å². The van der Waals surface area contributed by atoms with Crippen molar-refractivity contribution in [1.82, 2.24) is 5.32 Å². The van der Waals surface area contributed by atoms with Gasteiger partial charge in [-0.15, -0.1) is 0 Å². The zero-order valence-electron chi connectivity index (χ0n) is 13.2. The van der Waals surface area contributed by atoms with Crippen LogP contribution < -0.4 is 5.32 Å². The van der Waals surface area contributed by atoms with Crippen LogP contribution in [0.5, 0.6) is 0 Å². The molecule has 0 heterocycles. The lowest BCUT2D eigenvalue weighted by molar-refractivity contribution is -0.00598. The molecule has 21 heavy (non-hydrogen) atoms. The molecule has 3 heteroatoms. The van der Waals surface area contributed by atoms with Gasteiger partial charge in [0.25, 0.3) is 5.92 Å². The second kappa shape index (κ2) is 6.87. The van der Waals surface area contributed by atoms with Crippen LogP contribution in [0.15, 0.2) is 30.3 Å². The summed E-state index contributed by atoms with van der Waals surface area (Å²) < 4.78 is 28.3. The minimum absolute atomic E-state index is 0.0989. The molecule has 0 bridgehead atoms. The van der Waals surface area contributed by atoms with E-state index in [1.54, 1.807) is 18.2 Å². The van der Waals surface area contributed by atoms with E-state index in [4.69, 9.17) is 0 Å². The monoisotopic (exact) mass is 295 g/mol. The summed E-state index contributed by atoms with van der Waals surface area (Å²) in [6.07, 6.45) is 5.97. The highest BCUT2D eigenvalue weighted by molar-refractivity contribution is 5.20. The Morgan fingerprint density at radius 2 is 1.76 bits per heavy atom. The van der Waals surface area contributed by atoms with Crippen LogP contribution in [-0.4, -0.2) is 13.1 Å². The first-order valence-electron chi connectivity index (χ1n) is 8.08. The third kappa shape index (κ3) is 4.50. The van der Waals surface area contributed by atoms with Crippen molar-refractivity contribution in [2.24, 2.45) is 11.3 Å². The molecule has 118 valence electrons. The Morgan fingerprint density at radius 1 is 1.14 bits per heavy atom. The summed E-state index contributed by atoms with van der Waals surface area (Å²) in [4.78, 5) is 0. The summed E-state index contributed by atoms with van der Waals surface area (Å²) >= 11 is 0. The van der Waals surface area contributed by atoms with E-state index in [-0.39, 0.29) is 17.5 Å². The topological polar surface area (TPSA) is 12.0 Å². The van der Waals surface area contributed by atoms with Crippen LogP contribution in [0.2, 0.25) is 0 Å². The molecule has 0 amide bonds. The normalized spacial score (nSPS) is 18.3. The van der Waals surface area contributed by atoms with Gasteiger partial charge in [-0.2, -0.15) is 8.78 Å². The first kappa shape index (κ1) is 16.4. The molecule has 0 atom stereocenters. The Morgan fingerprint density at radius 3 is 2.33 bits per heavy atom. The number of hydrogen-bond donors (Lipinski definition) is 1. The molecule has 0 radical (unpaired) electrons. The first-order chi connectivity index (χ1) is 9.94. The van der Waals surface area contributed by atoms with Crippen LogP contribution >= 0.6 is 0 Å². The summed E-state index contributed by atoms with van der Waals surface area (Å²) in [5.41, 5.74) is 0.336. The summed E-state index contributed by atoms with van der Waals surface area (Å²) in [6, 6.07) is 8.10. The molecule has 0 aromatic heterocycles. The van der Waals surface area contributed by atoms with Gasteiger partial charge in [-0.3, -0.25) is 0 Å². The number of hydrogen-bond acceptors (Lipinski definition) is 1. The van der Waals surface area contributed by atoms with E-state index in [9.17, 15) is 8.78 Å². The zero-order chi connectivity index (χ0) is 15.3. The molecule has 1 saturated carbocycles. The van der Waals surface area contributed by atoms with Crippen molar-refractivity contribution in [1.29, 1.82) is 0 Å². The predicted octanol–water partition coefficient (Wildman–Crippen LogP) is 4.97. The van der Waals surface area contributed by atoms with Crippen LogP contribution in [0.3, 0.4) is 0 Å². The van der Waals surface area contributed by atoms with Crippen LogP contribution in [0.25, 0.3) is 0 Å². The third-order valence-electron chi connectivity index (χ3n) is 4.55. The molecule has 1 aliphatic carbocycles. The Hall–Kier alpha value is -0.960. The summed E-state index contributed by atoms with van der Waals surface area (Å²) in [6.45, 7) is 4.89. The maximum absolute atomic E-state index is 14.2. The van der Waals surface area contributed by atoms with Gasteiger partial charge < -0.3 is 5.32 Å². The van der Waals surface area contributed by atoms with Crippen LogP contribution in [0.1, 0.15) is 51.5 Å². The van der Waals surface area contributed by atoms with E-state index in [0.29, 0.717) is 12.5 Å². The lowest BCUT2D eigenvalue weighted by atomic mass is 9.78. The van der Waals surface area contributed by atoms with Crippen molar-refractivity contribution in [3.8, 4) is 0 Å². The van der Waals surface area contributed by atoms with Gasteiger partial charge in [0.1, 0.15) is 0 Å². The average Bonchev–Trinajstić information content (AvgIpc) is 2.87. The quantitative estimate of drug-likeness (QED) is 0.748. The molecule has 0 aliphatic heterocycles. The molecule has 0 spiro atoms. The van der Waals surface area contributed by atoms with Gasteiger partial charge in [0.05, 0.1) is 6.54 Å². The fourth-order valence-electron chi connectivity index (χ4n) is 3.71. The number of halogens is 2. The third-order valence-corrected chi connectivity index (χ3v) is 4.55. The highest BCUT2D eigenvalue weighted by Crippen LogP contribution is 2.42. The molecule has 1 aliphatic rings. The van der Waals surface area contributed by atoms with Gasteiger partial charge in [-0.1, -0.05) is 57.0 Å². The lowest BCUT2D eigenvalue weighted by Gasteiger charge is -2.32. The van der Waals surface area contributed by atoms with Gasteiger partial charge in [0, 0.05) is 12.1 Å².